The molecule has 3 aromatic rings. The standard InChI is InChI=1S/C16H11ClN2O2/c17-12-6-7-14(16(20)21)15(8-12)11-9-18-19(10-11)13-4-2-1-3-5-13/h1-10H,(H,20,21). The molecule has 104 valence electrons. The minimum atomic E-state index is -0.992. The Balaban J connectivity index is 2.08. The lowest BCUT2D eigenvalue weighted by Crippen LogP contribution is -1.99. The molecule has 0 atom stereocenters. The van der Waals surface area contributed by atoms with E-state index in [0.717, 1.165) is 5.69 Å². The molecule has 2 aromatic carbocycles. The van der Waals surface area contributed by atoms with Crippen molar-refractivity contribution in [3.63, 3.8) is 0 Å². The minimum Gasteiger partial charge on any atom is -0.478 e. The number of aromatic carboxylic acids is 1. The zero-order chi connectivity index (χ0) is 14.8. The van der Waals surface area contributed by atoms with Crippen molar-refractivity contribution in [3.8, 4) is 16.8 Å². The summed E-state index contributed by atoms with van der Waals surface area (Å²) in [4.78, 5) is 11.3. The fraction of sp³-hybridized carbons (Fsp3) is 0. The Morgan fingerprint density at radius 3 is 2.62 bits per heavy atom. The summed E-state index contributed by atoms with van der Waals surface area (Å²) >= 11 is 5.98. The summed E-state index contributed by atoms with van der Waals surface area (Å²) in [6.45, 7) is 0. The van der Waals surface area contributed by atoms with Crippen molar-refractivity contribution in [3.05, 3.63) is 71.5 Å². The smallest absolute Gasteiger partial charge is 0.336 e. The molecule has 1 heterocycles. The third kappa shape index (κ3) is 2.66. The van der Waals surface area contributed by atoms with Gasteiger partial charge in [0, 0.05) is 22.3 Å². The maximum atomic E-state index is 11.3. The molecule has 0 saturated carbocycles. The Morgan fingerprint density at radius 1 is 1.14 bits per heavy atom. The molecule has 4 nitrogen and oxygen atoms in total. The van der Waals surface area contributed by atoms with E-state index in [1.807, 2.05) is 30.3 Å². The summed E-state index contributed by atoms with van der Waals surface area (Å²) < 4.78 is 1.70. The Morgan fingerprint density at radius 2 is 1.90 bits per heavy atom. The number of aromatic nitrogens is 2. The van der Waals surface area contributed by atoms with Crippen LogP contribution < -0.4 is 0 Å². The highest BCUT2D eigenvalue weighted by atomic mass is 35.5. The van der Waals surface area contributed by atoms with Crippen LogP contribution in [-0.2, 0) is 0 Å². The third-order valence-electron chi connectivity index (χ3n) is 3.13. The van der Waals surface area contributed by atoms with Crippen molar-refractivity contribution >= 4 is 17.6 Å². The predicted octanol–water partition coefficient (Wildman–Crippen LogP) is 3.89. The van der Waals surface area contributed by atoms with Crippen LogP contribution >= 0.6 is 11.6 Å². The van der Waals surface area contributed by atoms with Gasteiger partial charge in [-0.2, -0.15) is 5.10 Å². The molecule has 0 aliphatic rings. The molecule has 0 aliphatic carbocycles. The number of hydrogen-bond donors (Lipinski definition) is 1. The Kier molecular flexibility index (Phi) is 3.46. The van der Waals surface area contributed by atoms with Crippen LogP contribution in [0.5, 0.6) is 0 Å². The van der Waals surface area contributed by atoms with E-state index in [1.54, 1.807) is 29.2 Å². The first kappa shape index (κ1) is 13.4. The second-order valence-corrected chi connectivity index (χ2v) is 4.94. The van der Waals surface area contributed by atoms with E-state index in [2.05, 4.69) is 5.10 Å². The van der Waals surface area contributed by atoms with Gasteiger partial charge in [0.1, 0.15) is 0 Å². The summed E-state index contributed by atoms with van der Waals surface area (Å²) in [5.41, 5.74) is 2.37. The second kappa shape index (κ2) is 5.42. The summed E-state index contributed by atoms with van der Waals surface area (Å²) in [5.74, 6) is -0.992. The first-order valence-electron chi connectivity index (χ1n) is 6.28. The van der Waals surface area contributed by atoms with Crippen LogP contribution in [0.1, 0.15) is 10.4 Å². The van der Waals surface area contributed by atoms with Crippen LogP contribution in [0.25, 0.3) is 16.8 Å². The van der Waals surface area contributed by atoms with Crippen molar-refractivity contribution in [2.24, 2.45) is 0 Å². The fourth-order valence-corrected chi connectivity index (χ4v) is 2.30. The van der Waals surface area contributed by atoms with Gasteiger partial charge in [-0.15, -0.1) is 0 Å². The Hall–Kier alpha value is -2.59. The fourth-order valence-electron chi connectivity index (χ4n) is 2.13. The van der Waals surface area contributed by atoms with Crippen molar-refractivity contribution in [1.82, 2.24) is 9.78 Å². The van der Waals surface area contributed by atoms with Crippen LogP contribution in [0.15, 0.2) is 60.9 Å². The lowest BCUT2D eigenvalue weighted by Gasteiger charge is -2.04. The zero-order valence-electron chi connectivity index (χ0n) is 10.9. The Labute approximate surface area is 126 Å². The van der Waals surface area contributed by atoms with Gasteiger partial charge in [0.05, 0.1) is 17.4 Å². The molecule has 1 N–H and O–H groups in total. The molecule has 0 spiro atoms. The van der Waals surface area contributed by atoms with Gasteiger partial charge in [0.2, 0.25) is 0 Å². The van der Waals surface area contributed by atoms with Crippen LogP contribution in [0, 0.1) is 0 Å². The molecule has 5 heteroatoms. The van der Waals surface area contributed by atoms with Crippen molar-refractivity contribution in [2.45, 2.75) is 0 Å². The van der Waals surface area contributed by atoms with E-state index in [-0.39, 0.29) is 5.56 Å². The highest BCUT2D eigenvalue weighted by Gasteiger charge is 2.14. The quantitative estimate of drug-likeness (QED) is 0.798. The number of benzene rings is 2. The van der Waals surface area contributed by atoms with Gasteiger partial charge in [0.15, 0.2) is 0 Å². The molecule has 0 fully saturated rings. The lowest BCUT2D eigenvalue weighted by molar-refractivity contribution is 0.0698. The topological polar surface area (TPSA) is 55.1 Å². The van der Waals surface area contributed by atoms with Crippen LogP contribution in [-0.4, -0.2) is 20.9 Å². The maximum Gasteiger partial charge on any atom is 0.336 e. The minimum absolute atomic E-state index is 0.201. The number of para-hydroxylation sites is 1. The number of carboxylic acids is 1. The van der Waals surface area contributed by atoms with Crippen molar-refractivity contribution in [2.75, 3.05) is 0 Å². The number of nitrogens with zero attached hydrogens (tertiary/aromatic N) is 2. The lowest BCUT2D eigenvalue weighted by atomic mass is 10.0. The molecule has 0 saturated heterocycles. The van der Waals surface area contributed by atoms with Crippen molar-refractivity contribution < 1.29 is 9.90 Å². The van der Waals surface area contributed by atoms with Crippen LogP contribution in [0.2, 0.25) is 5.02 Å². The number of hydrogen-bond acceptors (Lipinski definition) is 2. The number of rotatable bonds is 3. The monoisotopic (exact) mass is 298 g/mol. The van der Waals surface area contributed by atoms with E-state index in [9.17, 15) is 9.90 Å². The van der Waals surface area contributed by atoms with E-state index in [1.165, 1.54) is 6.07 Å². The average Bonchev–Trinajstić information content (AvgIpc) is 2.97. The zero-order valence-corrected chi connectivity index (χ0v) is 11.7. The van der Waals surface area contributed by atoms with Gasteiger partial charge in [-0.05, 0) is 30.3 Å². The molecule has 0 unspecified atom stereocenters. The second-order valence-electron chi connectivity index (χ2n) is 4.50. The van der Waals surface area contributed by atoms with Gasteiger partial charge < -0.3 is 5.11 Å². The molecular formula is C16H11ClN2O2. The first-order valence-corrected chi connectivity index (χ1v) is 6.66. The van der Waals surface area contributed by atoms with E-state index in [0.29, 0.717) is 16.1 Å². The predicted molar refractivity (Wildman–Crippen MR) is 81.0 cm³/mol. The molecule has 0 aliphatic heterocycles. The summed E-state index contributed by atoms with van der Waals surface area (Å²) in [7, 11) is 0. The van der Waals surface area contributed by atoms with Gasteiger partial charge in [-0.3, -0.25) is 0 Å². The molecule has 1 aromatic heterocycles. The van der Waals surface area contributed by atoms with E-state index in [4.69, 9.17) is 11.6 Å². The Bertz CT molecular complexity index is 797. The van der Waals surface area contributed by atoms with Gasteiger partial charge >= 0.3 is 5.97 Å². The van der Waals surface area contributed by atoms with Gasteiger partial charge in [0.25, 0.3) is 0 Å². The molecule has 21 heavy (non-hydrogen) atoms. The highest BCUT2D eigenvalue weighted by Crippen LogP contribution is 2.27. The van der Waals surface area contributed by atoms with Gasteiger partial charge in [-0.1, -0.05) is 29.8 Å². The molecule has 3 rings (SSSR count). The van der Waals surface area contributed by atoms with E-state index < -0.39 is 5.97 Å². The molecule has 0 amide bonds. The molecule has 0 bridgehead atoms. The maximum absolute atomic E-state index is 11.3. The molecule has 0 radical (unpaired) electrons. The van der Waals surface area contributed by atoms with Crippen molar-refractivity contribution in [1.29, 1.82) is 0 Å². The normalized spacial score (nSPS) is 10.5. The van der Waals surface area contributed by atoms with E-state index >= 15 is 0 Å². The summed E-state index contributed by atoms with van der Waals surface area (Å²) in [6.07, 6.45) is 3.42. The molecular weight excluding hydrogens is 288 g/mol. The highest BCUT2D eigenvalue weighted by molar-refractivity contribution is 6.31. The SMILES string of the molecule is O=C(O)c1ccc(Cl)cc1-c1cnn(-c2ccccc2)c1. The summed E-state index contributed by atoms with van der Waals surface area (Å²) in [5, 5.41) is 14.0. The van der Waals surface area contributed by atoms with Crippen LogP contribution in [0.4, 0.5) is 0 Å². The van der Waals surface area contributed by atoms with Gasteiger partial charge in [-0.25, -0.2) is 9.48 Å². The third-order valence-corrected chi connectivity index (χ3v) is 3.36. The summed E-state index contributed by atoms with van der Waals surface area (Å²) in [6, 6.07) is 14.3. The average molecular weight is 299 g/mol. The van der Waals surface area contributed by atoms with Crippen LogP contribution in [0.3, 0.4) is 0 Å². The largest absolute Gasteiger partial charge is 0.478 e. The number of carbonyl (C=O) groups is 1. The first-order chi connectivity index (χ1) is 10.1. The number of carboxylic acid groups (broad SMARTS) is 1. The number of halogens is 1.